The zero-order chi connectivity index (χ0) is 17.0. The van der Waals surface area contributed by atoms with Crippen LogP contribution in [0.5, 0.6) is 0 Å². The van der Waals surface area contributed by atoms with Gasteiger partial charge in [0.2, 0.25) is 5.89 Å². The van der Waals surface area contributed by atoms with Gasteiger partial charge in [0.25, 0.3) is 0 Å². The van der Waals surface area contributed by atoms with Crippen LogP contribution in [0.3, 0.4) is 0 Å². The molecule has 1 fully saturated rings. The summed E-state index contributed by atoms with van der Waals surface area (Å²) in [6, 6.07) is 10.2. The monoisotopic (exact) mass is 330 g/mol. The van der Waals surface area contributed by atoms with Gasteiger partial charge in [-0.2, -0.15) is 4.98 Å². The first-order valence-corrected chi connectivity index (χ1v) is 8.56. The lowest BCUT2D eigenvalue weighted by atomic mass is 9.95. The van der Waals surface area contributed by atoms with E-state index in [1.54, 1.807) is 0 Å². The first-order chi connectivity index (χ1) is 11.5. The van der Waals surface area contributed by atoms with Gasteiger partial charge >= 0.3 is 0 Å². The average Bonchev–Trinajstić information content (AvgIpc) is 2.99. The van der Waals surface area contributed by atoms with E-state index in [1.165, 1.54) is 0 Å². The molecule has 0 radical (unpaired) electrons. The number of aryl methyl sites for hydroxylation is 1. The van der Waals surface area contributed by atoms with Crippen LogP contribution >= 0.6 is 0 Å². The molecule has 2 N–H and O–H groups in total. The molecule has 130 valence electrons. The van der Waals surface area contributed by atoms with Crippen molar-refractivity contribution in [1.29, 1.82) is 0 Å². The average molecular weight is 330 g/mol. The van der Waals surface area contributed by atoms with Crippen LogP contribution in [-0.2, 0) is 12.1 Å². The molecule has 0 saturated carbocycles. The molecule has 0 unspecified atom stereocenters. The lowest BCUT2D eigenvalue weighted by molar-refractivity contribution is 0.0487. The summed E-state index contributed by atoms with van der Waals surface area (Å²) in [5, 5.41) is 18.2. The third-order valence-electron chi connectivity index (χ3n) is 4.57. The summed E-state index contributed by atoms with van der Waals surface area (Å²) < 4.78 is 5.04. The van der Waals surface area contributed by atoms with Crippen LogP contribution in [0.25, 0.3) is 0 Å². The minimum absolute atomic E-state index is 0.363. The molecule has 1 aliphatic heterocycles. The van der Waals surface area contributed by atoms with Crippen LogP contribution in [0.1, 0.15) is 37.0 Å². The number of aromatic nitrogens is 2. The largest absolute Gasteiger partial charge is 0.384 e. The predicted molar refractivity (Wildman–Crippen MR) is 91.3 cm³/mol. The Balaban J connectivity index is 1.52. The second kappa shape index (κ2) is 7.42. The van der Waals surface area contributed by atoms with Gasteiger partial charge in [0, 0.05) is 26.1 Å². The number of rotatable bonds is 6. The van der Waals surface area contributed by atoms with Crippen LogP contribution in [0.15, 0.2) is 34.9 Å². The Kier molecular flexibility index (Phi) is 5.28. The van der Waals surface area contributed by atoms with Crippen molar-refractivity contribution in [2.75, 3.05) is 19.6 Å². The normalized spacial score (nSPS) is 21.5. The maximum atomic E-state index is 10.7. The third-order valence-corrected chi connectivity index (χ3v) is 4.57. The SMILES string of the molecule is Cc1nc(CN2CCC[C@H](NC[C@](C)(O)c3ccccc3)C2)no1. The summed E-state index contributed by atoms with van der Waals surface area (Å²) in [6.45, 7) is 6.89. The number of hydrogen-bond acceptors (Lipinski definition) is 6. The van der Waals surface area contributed by atoms with Crippen molar-refractivity contribution < 1.29 is 9.63 Å². The van der Waals surface area contributed by atoms with Gasteiger partial charge in [-0.3, -0.25) is 4.90 Å². The van der Waals surface area contributed by atoms with Gasteiger partial charge in [-0.15, -0.1) is 0 Å². The van der Waals surface area contributed by atoms with E-state index in [1.807, 2.05) is 44.2 Å². The molecule has 0 amide bonds. The molecule has 2 heterocycles. The molecule has 0 aliphatic carbocycles. The highest BCUT2D eigenvalue weighted by Gasteiger charge is 2.26. The number of aliphatic hydroxyl groups is 1. The Labute approximate surface area is 142 Å². The van der Waals surface area contributed by atoms with Gasteiger partial charge in [-0.05, 0) is 31.9 Å². The zero-order valence-corrected chi connectivity index (χ0v) is 14.4. The third kappa shape index (κ3) is 4.41. The summed E-state index contributed by atoms with van der Waals surface area (Å²) in [5.74, 6) is 1.35. The van der Waals surface area contributed by atoms with E-state index in [-0.39, 0.29) is 0 Å². The summed E-state index contributed by atoms with van der Waals surface area (Å²) in [7, 11) is 0. The van der Waals surface area contributed by atoms with Crippen molar-refractivity contribution in [3.63, 3.8) is 0 Å². The van der Waals surface area contributed by atoms with Gasteiger partial charge < -0.3 is 14.9 Å². The van der Waals surface area contributed by atoms with Crippen molar-refractivity contribution >= 4 is 0 Å². The number of benzene rings is 1. The highest BCUT2D eigenvalue weighted by molar-refractivity contribution is 5.21. The van der Waals surface area contributed by atoms with Crippen molar-refractivity contribution in [1.82, 2.24) is 20.4 Å². The molecule has 1 aromatic heterocycles. The van der Waals surface area contributed by atoms with Crippen molar-refractivity contribution in [2.45, 2.75) is 44.9 Å². The summed E-state index contributed by atoms with van der Waals surface area (Å²) in [5.41, 5.74) is 0.0707. The fraction of sp³-hybridized carbons (Fsp3) is 0.556. The maximum Gasteiger partial charge on any atom is 0.223 e. The highest BCUT2D eigenvalue weighted by atomic mass is 16.5. The molecule has 2 atom stereocenters. The van der Waals surface area contributed by atoms with Gasteiger partial charge in [-0.1, -0.05) is 35.5 Å². The fourth-order valence-electron chi connectivity index (χ4n) is 3.21. The number of piperidine rings is 1. The fourth-order valence-corrected chi connectivity index (χ4v) is 3.21. The molecule has 3 rings (SSSR count). The maximum absolute atomic E-state index is 10.7. The summed E-state index contributed by atoms with van der Waals surface area (Å²) >= 11 is 0. The van der Waals surface area contributed by atoms with Crippen LogP contribution in [-0.4, -0.2) is 45.8 Å². The van der Waals surface area contributed by atoms with E-state index in [4.69, 9.17) is 4.52 Å². The van der Waals surface area contributed by atoms with Gasteiger partial charge in [-0.25, -0.2) is 0 Å². The molecule has 1 aliphatic rings. The molecule has 1 aromatic carbocycles. The van der Waals surface area contributed by atoms with E-state index in [0.29, 0.717) is 25.0 Å². The molecular formula is C18H26N4O2. The van der Waals surface area contributed by atoms with E-state index < -0.39 is 5.60 Å². The molecule has 6 heteroatoms. The van der Waals surface area contributed by atoms with Gasteiger partial charge in [0.15, 0.2) is 5.82 Å². The molecule has 6 nitrogen and oxygen atoms in total. The van der Waals surface area contributed by atoms with Crippen LogP contribution in [0.2, 0.25) is 0 Å². The highest BCUT2D eigenvalue weighted by Crippen LogP contribution is 2.20. The first kappa shape index (κ1) is 17.1. The Hall–Kier alpha value is -1.76. The smallest absolute Gasteiger partial charge is 0.223 e. The number of hydrogen-bond donors (Lipinski definition) is 2. The van der Waals surface area contributed by atoms with Gasteiger partial charge in [0.1, 0.15) is 0 Å². The number of likely N-dealkylation sites (tertiary alicyclic amines) is 1. The van der Waals surface area contributed by atoms with E-state index in [9.17, 15) is 5.11 Å². The molecule has 24 heavy (non-hydrogen) atoms. The summed E-state index contributed by atoms with van der Waals surface area (Å²) in [4.78, 5) is 6.61. The van der Waals surface area contributed by atoms with Crippen LogP contribution < -0.4 is 5.32 Å². The molecule has 2 aromatic rings. The van der Waals surface area contributed by atoms with Crippen molar-refractivity contribution in [3.05, 3.63) is 47.6 Å². The minimum Gasteiger partial charge on any atom is -0.384 e. The van der Waals surface area contributed by atoms with Crippen LogP contribution in [0, 0.1) is 6.92 Å². The van der Waals surface area contributed by atoms with Crippen LogP contribution in [0.4, 0.5) is 0 Å². The Morgan fingerprint density at radius 3 is 2.88 bits per heavy atom. The summed E-state index contributed by atoms with van der Waals surface area (Å²) in [6.07, 6.45) is 2.24. The number of nitrogens with zero attached hydrogens (tertiary/aromatic N) is 3. The van der Waals surface area contributed by atoms with E-state index in [2.05, 4.69) is 20.4 Å². The standard InChI is InChI=1S/C18H26N4O2/c1-14-20-17(21-24-14)12-22-10-6-9-16(11-22)19-13-18(2,23)15-7-4-3-5-8-15/h3-5,7-8,16,19,23H,6,9-13H2,1-2H3/t16-,18-/m0/s1. The molecule has 0 bridgehead atoms. The molecular weight excluding hydrogens is 304 g/mol. The quantitative estimate of drug-likeness (QED) is 0.842. The zero-order valence-electron chi connectivity index (χ0n) is 14.4. The Morgan fingerprint density at radius 1 is 1.38 bits per heavy atom. The lowest BCUT2D eigenvalue weighted by Gasteiger charge is -2.34. The Bertz CT molecular complexity index is 641. The number of nitrogens with one attached hydrogen (secondary N) is 1. The van der Waals surface area contributed by atoms with E-state index >= 15 is 0 Å². The first-order valence-electron chi connectivity index (χ1n) is 8.56. The van der Waals surface area contributed by atoms with Crippen molar-refractivity contribution in [2.24, 2.45) is 0 Å². The van der Waals surface area contributed by atoms with Gasteiger partial charge in [0.05, 0.1) is 12.1 Å². The lowest BCUT2D eigenvalue weighted by Crippen LogP contribution is -2.49. The molecule has 1 saturated heterocycles. The second-order valence-electron chi connectivity index (χ2n) is 6.82. The molecule has 0 spiro atoms. The minimum atomic E-state index is -0.867. The van der Waals surface area contributed by atoms with E-state index in [0.717, 1.165) is 37.3 Å². The predicted octanol–water partition coefficient (Wildman–Crippen LogP) is 1.84. The topological polar surface area (TPSA) is 74.4 Å². The van der Waals surface area contributed by atoms with Crippen molar-refractivity contribution in [3.8, 4) is 0 Å². The second-order valence-corrected chi connectivity index (χ2v) is 6.82. The Morgan fingerprint density at radius 2 is 2.17 bits per heavy atom.